The van der Waals surface area contributed by atoms with Gasteiger partial charge in [-0.25, -0.2) is 0 Å². The predicted octanol–water partition coefficient (Wildman–Crippen LogP) is 2.80. The van der Waals surface area contributed by atoms with Gasteiger partial charge in [0, 0.05) is 6.61 Å². The first-order valence-electron chi connectivity index (χ1n) is 6.14. The SMILES string of the molecule is CCCCCCCCB1OCCC(=O)O1. The van der Waals surface area contributed by atoms with E-state index in [2.05, 4.69) is 6.92 Å². The smallest absolute Gasteiger partial charge is 0.509 e. The molecule has 1 aliphatic heterocycles. The van der Waals surface area contributed by atoms with Gasteiger partial charge in [0.2, 0.25) is 0 Å². The number of carbonyl (C=O) groups excluding carboxylic acids is 1. The van der Waals surface area contributed by atoms with Gasteiger partial charge in [-0.15, -0.1) is 0 Å². The zero-order valence-corrected chi connectivity index (χ0v) is 9.67. The fourth-order valence-corrected chi connectivity index (χ4v) is 1.75. The Kier molecular flexibility index (Phi) is 6.49. The molecule has 0 aliphatic carbocycles. The molecule has 0 saturated carbocycles. The van der Waals surface area contributed by atoms with Gasteiger partial charge >= 0.3 is 7.12 Å². The highest BCUT2D eigenvalue weighted by atomic mass is 16.6. The van der Waals surface area contributed by atoms with Crippen LogP contribution in [-0.4, -0.2) is 19.7 Å². The van der Waals surface area contributed by atoms with Crippen molar-refractivity contribution in [2.75, 3.05) is 6.61 Å². The zero-order valence-electron chi connectivity index (χ0n) is 9.67. The predicted molar refractivity (Wildman–Crippen MR) is 60.6 cm³/mol. The van der Waals surface area contributed by atoms with Crippen molar-refractivity contribution in [3.8, 4) is 0 Å². The second-order valence-electron chi connectivity index (χ2n) is 4.10. The number of hydrogen-bond donors (Lipinski definition) is 0. The Morgan fingerprint density at radius 3 is 2.67 bits per heavy atom. The number of hydrogen-bond acceptors (Lipinski definition) is 3. The molecule has 0 aromatic heterocycles. The van der Waals surface area contributed by atoms with E-state index in [0.29, 0.717) is 13.0 Å². The molecule has 0 amide bonds. The van der Waals surface area contributed by atoms with Crippen LogP contribution in [0, 0.1) is 0 Å². The van der Waals surface area contributed by atoms with Crippen LogP contribution in [-0.2, 0) is 14.1 Å². The monoisotopic (exact) mass is 212 g/mol. The maximum Gasteiger partial charge on any atom is 0.527 e. The Morgan fingerprint density at radius 2 is 1.93 bits per heavy atom. The van der Waals surface area contributed by atoms with Crippen molar-refractivity contribution in [1.82, 2.24) is 0 Å². The average Bonchev–Trinajstić information content (AvgIpc) is 2.23. The van der Waals surface area contributed by atoms with Gasteiger partial charge in [-0.2, -0.15) is 0 Å². The highest BCUT2D eigenvalue weighted by molar-refractivity contribution is 6.47. The van der Waals surface area contributed by atoms with E-state index >= 15 is 0 Å². The Balaban J connectivity index is 1.92. The summed E-state index contributed by atoms with van der Waals surface area (Å²) in [6.45, 7) is 2.74. The van der Waals surface area contributed by atoms with E-state index in [-0.39, 0.29) is 13.1 Å². The van der Waals surface area contributed by atoms with Crippen LogP contribution in [0.1, 0.15) is 51.9 Å². The van der Waals surface area contributed by atoms with Crippen LogP contribution >= 0.6 is 0 Å². The van der Waals surface area contributed by atoms with Gasteiger partial charge in [0.15, 0.2) is 0 Å². The van der Waals surface area contributed by atoms with Crippen LogP contribution in [0.25, 0.3) is 0 Å². The molecule has 0 N–H and O–H groups in total. The van der Waals surface area contributed by atoms with E-state index in [4.69, 9.17) is 9.31 Å². The van der Waals surface area contributed by atoms with Gasteiger partial charge < -0.3 is 9.31 Å². The molecule has 0 aromatic rings. The van der Waals surface area contributed by atoms with Crippen LogP contribution in [0.2, 0.25) is 6.32 Å². The van der Waals surface area contributed by atoms with E-state index in [1.165, 1.54) is 32.1 Å². The van der Waals surface area contributed by atoms with Crippen molar-refractivity contribution in [2.24, 2.45) is 0 Å². The van der Waals surface area contributed by atoms with Crippen molar-refractivity contribution < 1.29 is 14.1 Å². The summed E-state index contributed by atoms with van der Waals surface area (Å²) in [5.74, 6) is -0.114. The maximum atomic E-state index is 10.9. The third-order valence-electron chi connectivity index (χ3n) is 2.67. The lowest BCUT2D eigenvalue weighted by Gasteiger charge is -2.18. The summed E-state index contributed by atoms with van der Waals surface area (Å²) in [5.41, 5.74) is 0. The first-order chi connectivity index (χ1) is 7.33. The van der Waals surface area contributed by atoms with E-state index in [1.807, 2.05) is 0 Å². The van der Waals surface area contributed by atoms with Gasteiger partial charge in [-0.3, -0.25) is 4.79 Å². The van der Waals surface area contributed by atoms with Gasteiger partial charge in [0.1, 0.15) is 0 Å². The summed E-state index contributed by atoms with van der Waals surface area (Å²) >= 11 is 0. The third kappa shape index (κ3) is 5.83. The lowest BCUT2D eigenvalue weighted by atomic mass is 9.81. The summed E-state index contributed by atoms with van der Waals surface area (Å²) in [5, 5.41) is 0. The van der Waals surface area contributed by atoms with Gasteiger partial charge in [0.05, 0.1) is 6.42 Å². The van der Waals surface area contributed by atoms with Crippen molar-refractivity contribution in [2.45, 2.75) is 58.2 Å². The molecule has 4 heteroatoms. The van der Waals surface area contributed by atoms with Crippen molar-refractivity contribution in [1.29, 1.82) is 0 Å². The Morgan fingerprint density at radius 1 is 1.20 bits per heavy atom. The largest absolute Gasteiger partial charge is 0.527 e. The molecule has 0 bridgehead atoms. The molecule has 1 fully saturated rings. The summed E-state index contributed by atoms with van der Waals surface area (Å²) in [6, 6.07) is 0. The second kappa shape index (κ2) is 7.74. The molecule has 0 unspecified atom stereocenters. The lowest BCUT2D eigenvalue weighted by molar-refractivity contribution is -0.139. The number of carbonyl (C=O) groups is 1. The molecule has 0 atom stereocenters. The van der Waals surface area contributed by atoms with E-state index in [0.717, 1.165) is 12.7 Å². The van der Waals surface area contributed by atoms with Crippen LogP contribution < -0.4 is 0 Å². The molecule has 1 rings (SSSR count). The van der Waals surface area contributed by atoms with Crippen molar-refractivity contribution in [3.05, 3.63) is 0 Å². The van der Waals surface area contributed by atoms with Crippen LogP contribution in [0.5, 0.6) is 0 Å². The van der Waals surface area contributed by atoms with Gasteiger partial charge in [0.25, 0.3) is 5.97 Å². The molecule has 0 spiro atoms. The minimum atomic E-state index is -0.266. The molecule has 0 radical (unpaired) electrons. The average molecular weight is 212 g/mol. The molecule has 15 heavy (non-hydrogen) atoms. The van der Waals surface area contributed by atoms with E-state index in [9.17, 15) is 4.79 Å². The fraction of sp³-hybridized carbons (Fsp3) is 0.909. The molecule has 86 valence electrons. The Hall–Kier alpha value is -0.505. The number of unbranched alkanes of at least 4 members (excludes halogenated alkanes) is 5. The highest BCUT2D eigenvalue weighted by Gasteiger charge is 2.26. The normalized spacial score (nSPS) is 16.6. The summed E-state index contributed by atoms with van der Waals surface area (Å²) in [6.07, 6.45) is 8.80. The standard InChI is InChI=1S/C11H21BO3/c1-2-3-4-5-6-7-9-12-14-10-8-11(13)15-12/h2-10H2,1H3. The fourth-order valence-electron chi connectivity index (χ4n) is 1.75. The zero-order chi connectivity index (χ0) is 10.9. The first-order valence-corrected chi connectivity index (χ1v) is 6.14. The summed E-state index contributed by atoms with van der Waals surface area (Å²) in [7, 11) is -0.266. The topological polar surface area (TPSA) is 35.5 Å². The quantitative estimate of drug-likeness (QED) is 0.480. The van der Waals surface area contributed by atoms with Crippen LogP contribution in [0.3, 0.4) is 0 Å². The molecule has 1 aliphatic rings. The Labute approximate surface area is 92.7 Å². The van der Waals surface area contributed by atoms with Crippen LogP contribution in [0.15, 0.2) is 0 Å². The Bertz CT molecular complexity index is 185. The third-order valence-corrected chi connectivity index (χ3v) is 2.67. The number of rotatable bonds is 7. The minimum absolute atomic E-state index is 0.114. The maximum absolute atomic E-state index is 10.9. The van der Waals surface area contributed by atoms with Gasteiger partial charge in [-0.05, 0) is 6.32 Å². The van der Waals surface area contributed by atoms with E-state index < -0.39 is 0 Å². The minimum Gasteiger partial charge on any atom is -0.509 e. The summed E-state index contributed by atoms with van der Waals surface area (Å²) < 4.78 is 10.4. The first kappa shape index (κ1) is 12.6. The molecule has 3 nitrogen and oxygen atoms in total. The highest BCUT2D eigenvalue weighted by Crippen LogP contribution is 2.13. The van der Waals surface area contributed by atoms with Crippen molar-refractivity contribution in [3.63, 3.8) is 0 Å². The second-order valence-corrected chi connectivity index (χ2v) is 4.10. The molecule has 1 heterocycles. The molecular weight excluding hydrogens is 191 g/mol. The van der Waals surface area contributed by atoms with Crippen LogP contribution in [0.4, 0.5) is 0 Å². The summed E-state index contributed by atoms with van der Waals surface area (Å²) in [4.78, 5) is 10.9. The van der Waals surface area contributed by atoms with Gasteiger partial charge in [-0.1, -0.05) is 45.4 Å². The lowest BCUT2D eigenvalue weighted by Crippen LogP contribution is -2.32. The molecule has 1 saturated heterocycles. The van der Waals surface area contributed by atoms with Crippen molar-refractivity contribution >= 4 is 13.1 Å². The molecular formula is C11H21BO3. The molecule has 0 aromatic carbocycles. The van der Waals surface area contributed by atoms with E-state index in [1.54, 1.807) is 0 Å².